The molecule has 2 heterocycles. The zero-order valence-corrected chi connectivity index (χ0v) is 47.3. The van der Waals surface area contributed by atoms with Gasteiger partial charge < -0.3 is 69.2 Å². The molecule has 9 amide bonds. The fourth-order valence-corrected chi connectivity index (χ4v) is 9.61. The number of amides is 9. The maximum atomic E-state index is 14.7. The number of hydrogen-bond donors (Lipinski definition) is 18. The first-order chi connectivity index (χ1) is 40.4. The first-order valence-electron chi connectivity index (χ1n) is 26.1. The molecule has 33 nitrogen and oxygen atoms in total. The van der Waals surface area contributed by atoms with Crippen molar-refractivity contribution < 1.29 is 101 Å². The molecule has 0 spiro atoms. The minimum absolute atomic E-state index is 0.00777. The molecule has 21 N–H and O–H groups in total. The predicted molar refractivity (Wildman–Crippen MR) is 298 cm³/mol. The Balaban J connectivity index is 1.48. The third-order valence-corrected chi connectivity index (χ3v) is 13.8. The average molecular weight is 1250 g/mol. The fraction of sp³-hybridized carbons (Fsp3) is 0.373. The SMILES string of the molecule is NC(=O)CC[C@H](NC(=O)[C@@H](N)Cc1cnc[nH]1)C(=O)N[C@@H](Cc1ccc(O[P+](O)(O)O)cc1)C(=O)N[C@@H](Cc1ccc(O[P+](O)(O)O)cc1)C(=O)N[C@@H](CC(N)=O)C(=O)N[C@@H](CC(=O)O)C(=O)N[C@@H](Cc1ccccc1)C(=O)N1CCC[C@H]1C(=O)O. The van der Waals surface area contributed by atoms with E-state index in [-0.39, 0.29) is 48.4 Å². The largest absolute Gasteiger partial charge is 0.613 e. The molecule has 1 fully saturated rings. The number of aromatic amines is 1. The Bertz CT molecular complexity index is 3040. The number of primary amides is 2. The van der Waals surface area contributed by atoms with E-state index in [0.29, 0.717) is 17.7 Å². The standard InChI is InChI=1S/C51H64N12O21P2/c52-33(22-30-25-55-26-56-30)44(68)57-34(16-17-41(53)64)45(69)58-35(19-28-8-12-31(13-9-28)83-85(77,78)79)46(70)59-36(20-29-10-14-32(15-11-29)84-86(80,81)82)47(71)60-37(23-42(54)65)48(72)61-38(24-43(66)67)49(73)62-39(21-27-5-2-1-3-6-27)50(74)63-18-4-7-40(63)51(75)76/h1-3,5-6,8-15,25-26,33-40,77-82H,4,7,16-24,52H2,(H11-2,53,54,55,56,57,58,59,60,61,62,64,65,66,67,68,69,70,71,72,73,75,76)/p+2/t33-,34-,35-,36-,37-,38-,39-,40-/m0/s1. The van der Waals surface area contributed by atoms with Crippen molar-refractivity contribution in [1.82, 2.24) is 46.8 Å². The Morgan fingerprint density at radius 2 is 1.01 bits per heavy atom. The Labute approximate surface area is 489 Å². The van der Waals surface area contributed by atoms with E-state index in [4.69, 9.17) is 26.2 Å². The quantitative estimate of drug-likeness (QED) is 0.0201. The van der Waals surface area contributed by atoms with Gasteiger partial charge in [0.25, 0.3) is 0 Å². The summed E-state index contributed by atoms with van der Waals surface area (Å²) in [7, 11) is -9.65. The molecule has 1 aliphatic heterocycles. The molecule has 0 unspecified atom stereocenters. The van der Waals surface area contributed by atoms with Crippen LogP contribution in [0, 0.1) is 0 Å². The molecule has 1 aromatic heterocycles. The Hall–Kier alpha value is -8.78. The summed E-state index contributed by atoms with van der Waals surface area (Å²) >= 11 is 0. The lowest BCUT2D eigenvalue weighted by Crippen LogP contribution is -2.61. The summed E-state index contributed by atoms with van der Waals surface area (Å²) in [5, 5.41) is 33.9. The number of rotatable bonds is 33. The molecular formula is C51H66N12O21P2+2. The van der Waals surface area contributed by atoms with Crippen LogP contribution in [0.2, 0.25) is 0 Å². The number of H-pyrrole nitrogens is 1. The Kier molecular flexibility index (Phi) is 24.8. The van der Waals surface area contributed by atoms with Crippen LogP contribution in [-0.2, 0) is 78.4 Å². The van der Waals surface area contributed by atoms with Crippen molar-refractivity contribution in [3.8, 4) is 11.5 Å². The van der Waals surface area contributed by atoms with Crippen LogP contribution in [0.5, 0.6) is 11.5 Å². The molecule has 8 atom stereocenters. The number of nitrogens with two attached hydrogens (primary N) is 3. The van der Waals surface area contributed by atoms with E-state index in [1.807, 2.05) is 0 Å². The number of aliphatic carboxylic acids is 2. The highest BCUT2D eigenvalue weighted by molar-refractivity contribution is 7.54. The van der Waals surface area contributed by atoms with Crippen LogP contribution in [0.15, 0.2) is 91.4 Å². The van der Waals surface area contributed by atoms with Crippen LogP contribution in [-0.4, -0.2) is 174 Å². The van der Waals surface area contributed by atoms with Gasteiger partial charge in [0.1, 0.15) is 42.3 Å². The van der Waals surface area contributed by atoms with Crippen LogP contribution in [0.25, 0.3) is 0 Å². The van der Waals surface area contributed by atoms with Crippen molar-refractivity contribution >= 4 is 81.4 Å². The van der Waals surface area contributed by atoms with Gasteiger partial charge in [-0.15, -0.1) is 0 Å². The van der Waals surface area contributed by atoms with E-state index in [2.05, 4.69) is 41.9 Å². The van der Waals surface area contributed by atoms with E-state index in [0.717, 1.165) is 29.2 Å². The number of benzene rings is 3. The number of nitrogens with one attached hydrogen (secondary N) is 7. The Morgan fingerprint density at radius 3 is 1.47 bits per heavy atom. The Morgan fingerprint density at radius 1 is 0.570 bits per heavy atom. The van der Waals surface area contributed by atoms with E-state index in [1.165, 1.54) is 36.8 Å². The third kappa shape index (κ3) is 22.7. The number of carboxylic acids is 2. The highest BCUT2D eigenvalue weighted by Crippen LogP contribution is 2.46. The van der Waals surface area contributed by atoms with Crippen molar-refractivity contribution in [2.45, 2.75) is 113 Å². The van der Waals surface area contributed by atoms with Gasteiger partial charge in [0.15, 0.2) is 11.5 Å². The minimum atomic E-state index is -4.84. The number of nitrogens with zero attached hydrogens (tertiary/aromatic N) is 2. The van der Waals surface area contributed by atoms with E-state index in [1.54, 1.807) is 30.3 Å². The second kappa shape index (κ2) is 31.4. The van der Waals surface area contributed by atoms with Gasteiger partial charge in [-0.2, -0.15) is 29.4 Å². The first-order valence-corrected chi connectivity index (χ1v) is 29.2. The van der Waals surface area contributed by atoms with Gasteiger partial charge in [-0.25, -0.2) is 9.78 Å². The maximum absolute atomic E-state index is 14.7. The van der Waals surface area contributed by atoms with Crippen LogP contribution in [0.3, 0.4) is 0 Å². The van der Waals surface area contributed by atoms with Crippen molar-refractivity contribution in [3.63, 3.8) is 0 Å². The van der Waals surface area contributed by atoms with Crippen molar-refractivity contribution in [2.24, 2.45) is 17.2 Å². The molecule has 35 heteroatoms. The molecule has 86 heavy (non-hydrogen) atoms. The molecule has 464 valence electrons. The van der Waals surface area contributed by atoms with E-state index in [9.17, 15) is 92.3 Å². The number of likely N-dealkylation sites (tertiary alicyclic amines) is 1. The van der Waals surface area contributed by atoms with Crippen LogP contribution in [0.1, 0.15) is 60.9 Å². The summed E-state index contributed by atoms with van der Waals surface area (Å²) in [4.78, 5) is 213. The van der Waals surface area contributed by atoms with Crippen LogP contribution in [0.4, 0.5) is 0 Å². The van der Waals surface area contributed by atoms with Crippen molar-refractivity contribution in [3.05, 3.63) is 114 Å². The van der Waals surface area contributed by atoms with Gasteiger partial charge in [0, 0.05) is 50.5 Å². The summed E-state index contributed by atoms with van der Waals surface area (Å²) in [5.41, 5.74) is 18.3. The second-order valence-corrected chi connectivity index (χ2v) is 22.1. The number of carbonyl (C=O) groups excluding carboxylic acids is 9. The van der Waals surface area contributed by atoms with Gasteiger partial charge in [-0.05, 0) is 60.2 Å². The lowest BCUT2D eigenvalue weighted by atomic mass is 10.0. The lowest BCUT2D eigenvalue weighted by Gasteiger charge is -2.29. The van der Waals surface area contributed by atoms with Gasteiger partial charge in [0.05, 0.1) is 25.2 Å². The molecule has 3 aromatic carbocycles. The molecule has 1 aliphatic rings. The second-order valence-electron chi connectivity index (χ2n) is 19.7. The molecule has 0 bridgehead atoms. The summed E-state index contributed by atoms with van der Waals surface area (Å²) in [6.45, 7) is 0.00777. The highest BCUT2D eigenvalue weighted by Gasteiger charge is 2.41. The zero-order valence-electron chi connectivity index (χ0n) is 45.5. The van der Waals surface area contributed by atoms with Crippen molar-refractivity contribution in [2.75, 3.05) is 6.54 Å². The molecule has 0 radical (unpaired) electrons. The number of hydrogen-bond acceptors (Lipinski definition) is 21. The van der Waals surface area contributed by atoms with Gasteiger partial charge in [-0.3, -0.25) is 57.0 Å². The fourth-order valence-electron chi connectivity index (χ4n) is 8.80. The molecular weight excluding hydrogens is 1180 g/mol. The smallest absolute Gasteiger partial charge is 0.481 e. The number of carboxylic acid groups (broad SMARTS) is 2. The molecule has 4 aromatic rings. The normalized spacial score (nSPS) is 15.6. The minimum Gasteiger partial charge on any atom is -0.481 e. The first kappa shape index (κ1) is 68.0. The molecule has 5 rings (SSSR count). The van der Waals surface area contributed by atoms with Gasteiger partial charge in [0.2, 0.25) is 53.2 Å². The van der Waals surface area contributed by atoms with E-state index < -0.39 is 168 Å². The average Bonchev–Trinajstić information content (AvgIpc) is 2.80. The van der Waals surface area contributed by atoms with Crippen molar-refractivity contribution in [1.29, 1.82) is 0 Å². The number of aromatic nitrogens is 2. The van der Waals surface area contributed by atoms with Crippen LogP contribution < -0.4 is 58.1 Å². The third-order valence-electron chi connectivity index (χ3n) is 12.9. The van der Waals surface area contributed by atoms with Gasteiger partial charge in [-0.1, -0.05) is 54.6 Å². The lowest BCUT2D eigenvalue weighted by molar-refractivity contribution is -0.149. The highest BCUT2D eigenvalue weighted by atomic mass is 31.2. The number of imidazole rings is 1. The molecule has 0 aliphatic carbocycles. The monoisotopic (exact) mass is 1240 g/mol. The summed E-state index contributed by atoms with van der Waals surface area (Å²) in [6.07, 6.45) is -1.38. The zero-order chi connectivity index (χ0) is 63.5. The van der Waals surface area contributed by atoms with Crippen LogP contribution >= 0.6 is 16.3 Å². The summed E-state index contributed by atoms with van der Waals surface area (Å²) in [5.74, 6) is -13.7. The van der Waals surface area contributed by atoms with Gasteiger partial charge >= 0.3 is 28.3 Å². The summed E-state index contributed by atoms with van der Waals surface area (Å²) < 4.78 is 9.43. The maximum Gasteiger partial charge on any atom is 0.613 e. The summed E-state index contributed by atoms with van der Waals surface area (Å²) in [6, 6.07) is 4.14. The topological polar surface area (TPSA) is 550 Å². The predicted octanol–water partition coefficient (Wildman–Crippen LogP) is -4.33. The molecule has 1 saturated heterocycles. The number of carbonyl (C=O) groups is 11. The molecule has 0 saturated carbocycles. The van der Waals surface area contributed by atoms with E-state index >= 15 is 0 Å².